The second-order valence-corrected chi connectivity index (χ2v) is 5.66. The Morgan fingerprint density at radius 2 is 1.71 bits per heavy atom. The maximum atomic E-state index is 12.1. The number of nitrogens with one attached hydrogen (secondary N) is 3. The van der Waals surface area contributed by atoms with Crippen LogP contribution in [0.3, 0.4) is 0 Å². The minimum absolute atomic E-state index is 0.100. The van der Waals surface area contributed by atoms with Crippen molar-refractivity contribution in [1.82, 2.24) is 5.32 Å². The molecule has 2 rings (SSSR count). The van der Waals surface area contributed by atoms with Crippen molar-refractivity contribution in [2.24, 2.45) is 0 Å². The van der Waals surface area contributed by atoms with Crippen LogP contribution < -0.4 is 16.0 Å². The standard InChI is InChI=1S/C19H23N3O2/c1-4-20-19(24)15-7-9-16(10-8-15)21-12-18(23)22-17-11-13(2)5-6-14(17)3/h5-11,21H,4,12H2,1-3H3,(H,20,24)(H,22,23). The van der Waals surface area contributed by atoms with E-state index in [1.165, 1.54) is 0 Å². The van der Waals surface area contributed by atoms with Crippen LogP contribution >= 0.6 is 0 Å². The minimum atomic E-state index is -0.114. The van der Waals surface area contributed by atoms with Crippen molar-refractivity contribution < 1.29 is 9.59 Å². The summed E-state index contributed by atoms with van der Waals surface area (Å²) in [7, 11) is 0. The summed E-state index contributed by atoms with van der Waals surface area (Å²) in [5.74, 6) is -0.215. The predicted molar refractivity (Wildman–Crippen MR) is 97.5 cm³/mol. The first-order chi connectivity index (χ1) is 11.5. The molecule has 0 aromatic heterocycles. The topological polar surface area (TPSA) is 70.2 Å². The van der Waals surface area contributed by atoms with Crippen LogP contribution in [-0.2, 0) is 4.79 Å². The van der Waals surface area contributed by atoms with Crippen molar-refractivity contribution in [3.8, 4) is 0 Å². The van der Waals surface area contributed by atoms with Gasteiger partial charge in [0.15, 0.2) is 0 Å². The Labute approximate surface area is 142 Å². The largest absolute Gasteiger partial charge is 0.376 e. The highest BCUT2D eigenvalue weighted by Crippen LogP contribution is 2.16. The van der Waals surface area contributed by atoms with Gasteiger partial charge in [0.25, 0.3) is 5.91 Å². The lowest BCUT2D eigenvalue weighted by Crippen LogP contribution is -2.23. The Kier molecular flexibility index (Phi) is 5.95. The zero-order chi connectivity index (χ0) is 17.5. The molecule has 0 atom stereocenters. The predicted octanol–water partition coefficient (Wildman–Crippen LogP) is 3.10. The normalized spacial score (nSPS) is 10.1. The highest BCUT2D eigenvalue weighted by atomic mass is 16.2. The van der Waals surface area contributed by atoms with E-state index >= 15 is 0 Å². The van der Waals surface area contributed by atoms with Gasteiger partial charge in [0.2, 0.25) is 5.91 Å². The molecule has 0 aliphatic carbocycles. The van der Waals surface area contributed by atoms with Crippen LogP contribution in [0, 0.1) is 13.8 Å². The summed E-state index contributed by atoms with van der Waals surface area (Å²) in [5, 5.41) is 8.70. The molecular weight excluding hydrogens is 302 g/mol. The number of benzene rings is 2. The lowest BCUT2D eigenvalue weighted by Gasteiger charge is -2.11. The third kappa shape index (κ3) is 4.84. The molecule has 126 valence electrons. The van der Waals surface area contributed by atoms with Crippen LogP contribution in [0.15, 0.2) is 42.5 Å². The molecule has 0 unspecified atom stereocenters. The summed E-state index contributed by atoms with van der Waals surface area (Å²) in [6.45, 7) is 6.58. The number of rotatable bonds is 6. The monoisotopic (exact) mass is 325 g/mol. The molecule has 0 radical (unpaired) electrons. The quantitative estimate of drug-likeness (QED) is 0.764. The van der Waals surface area contributed by atoms with Crippen molar-refractivity contribution in [2.75, 3.05) is 23.7 Å². The van der Waals surface area contributed by atoms with Crippen LogP contribution in [0.4, 0.5) is 11.4 Å². The average molecular weight is 325 g/mol. The molecule has 0 fully saturated rings. The van der Waals surface area contributed by atoms with Gasteiger partial charge in [-0.15, -0.1) is 0 Å². The molecule has 0 saturated heterocycles. The molecule has 3 N–H and O–H groups in total. The first-order valence-electron chi connectivity index (χ1n) is 7.99. The average Bonchev–Trinajstić information content (AvgIpc) is 2.57. The minimum Gasteiger partial charge on any atom is -0.376 e. The summed E-state index contributed by atoms with van der Waals surface area (Å²) in [6.07, 6.45) is 0. The van der Waals surface area contributed by atoms with Gasteiger partial charge in [0.1, 0.15) is 0 Å². The number of carbonyl (C=O) groups is 2. The summed E-state index contributed by atoms with van der Waals surface area (Å²) in [5.41, 5.74) is 4.35. The molecule has 5 heteroatoms. The van der Waals surface area contributed by atoms with Gasteiger partial charge in [0.05, 0.1) is 6.54 Å². The van der Waals surface area contributed by atoms with Crippen LogP contribution in [0.5, 0.6) is 0 Å². The fraction of sp³-hybridized carbons (Fsp3) is 0.263. The van der Waals surface area contributed by atoms with E-state index < -0.39 is 0 Å². The molecule has 0 heterocycles. The molecular formula is C19H23N3O2. The molecule has 0 aliphatic rings. The number of hydrogen-bond donors (Lipinski definition) is 3. The third-order valence-corrected chi connectivity index (χ3v) is 3.60. The Morgan fingerprint density at radius 1 is 1.00 bits per heavy atom. The highest BCUT2D eigenvalue weighted by molar-refractivity contribution is 5.95. The maximum absolute atomic E-state index is 12.1. The van der Waals surface area contributed by atoms with Crippen LogP contribution in [0.25, 0.3) is 0 Å². The molecule has 5 nitrogen and oxygen atoms in total. The molecule has 24 heavy (non-hydrogen) atoms. The van der Waals surface area contributed by atoms with Gasteiger partial charge in [-0.2, -0.15) is 0 Å². The molecule has 0 aliphatic heterocycles. The number of aryl methyl sites for hydroxylation is 2. The number of amides is 2. The van der Waals surface area contributed by atoms with Gasteiger partial charge in [-0.05, 0) is 62.2 Å². The Morgan fingerprint density at radius 3 is 2.38 bits per heavy atom. The molecule has 0 spiro atoms. The van der Waals surface area contributed by atoms with E-state index in [0.717, 1.165) is 22.5 Å². The van der Waals surface area contributed by atoms with Gasteiger partial charge in [0, 0.05) is 23.5 Å². The van der Waals surface area contributed by atoms with E-state index in [9.17, 15) is 9.59 Å². The second kappa shape index (κ2) is 8.15. The van der Waals surface area contributed by atoms with Gasteiger partial charge in [-0.3, -0.25) is 9.59 Å². The molecule has 2 amide bonds. The van der Waals surface area contributed by atoms with Crippen LogP contribution in [0.1, 0.15) is 28.4 Å². The van der Waals surface area contributed by atoms with Crippen molar-refractivity contribution >= 4 is 23.2 Å². The molecule has 0 saturated carbocycles. The zero-order valence-corrected chi connectivity index (χ0v) is 14.3. The third-order valence-electron chi connectivity index (χ3n) is 3.60. The van der Waals surface area contributed by atoms with E-state index in [0.29, 0.717) is 12.1 Å². The van der Waals surface area contributed by atoms with E-state index in [-0.39, 0.29) is 18.4 Å². The number of hydrogen-bond acceptors (Lipinski definition) is 3. The van der Waals surface area contributed by atoms with E-state index in [1.807, 2.05) is 39.0 Å². The SMILES string of the molecule is CCNC(=O)c1ccc(NCC(=O)Nc2cc(C)ccc2C)cc1. The highest BCUT2D eigenvalue weighted by Gasteiger charge is 2.06. The van der Waals surface area contributed by atoms with Gasteiger partial charge in [-0.1, -0.05) is 12.1 Å². The summed E-state index contributed by atoms with van der Waals surface area (Å²) in [4.78, 5) is 23.8. The smallest absolute Gasteiger partial charge is 0.251 e. The van der Waals surface area contributed by atoms with Crippen LogP contribution in [0.2, 0.25) is 0 Å². The van der Waals surface area contributed by atoms with Crippen LogP contribution in [-0.4, -0.2) is 24.9 Å². The van der Waals surface area contributed by atoms with Crippen molar-refractivity contribution in [3.63, 3.8) is 0 Å². The van der Waals surface area contributed by atoms with Crippen molar-refractivity contribution in [2.45, 2.75) is 20.8 Å². The first-order valence-corrected chi connectivity index (χ1v) is 7.99. The fourth-order valence-corrected chi connectivity index (χ4v) is 2.25. The summed E-state index contributed by atoms with van der Waals surface area (Å²) < 4.78 is 0. The first kappa shape index (κ1) is 17.5. The number of anilines is 2. The molecule has 2 aromatic rings. The Bertz CT molecular complexity index is 724. The van der Waals surface area contributed by atoms with Crippen molar-refractivity contribution in [3.05, 3.63) is 59.2 Å². The Hall–Kier alpha value is -2.82. The van der Waals surface area contributed by atoms with Gasteiger partial charge in [-0.25, -0.2) is 0 Å². The van der Waals surface area contributed by atoms with Gasteiger partial charge < -0.3 is 16.0 Å². The van der Waals surface area contributed by atoms with Crippen molar-refractivity contribution in [1.29, 1.82) is 0 Å². The lowest BCUT2D eigenvalue weighted by atomic mass is 10.1. The second-order valence-electron chi connectivity index (χ2n) is 5.66. The molecule has 0 bridgehead atoms. The van der Waals surface area contributed by atoms with E-state index in [2.05, 4.69) is 16.0 Å². The van der Waals surface area contributed by atoms with E-state index in [1.54, 1.807) is 24.3 Å². The summed E-state index contributed by atoms with van der Waals surface area (Å²) >= 11 is 0. The lowest BCUT2D eigenvalue weighted by molar-refractivity contribution is -0.114. The Balaban J connectivity index is 1.89. The molecule has 2 aromatic carbocycles. The fourth-order valence-electron chi connectivity index (χ4n) is 2.25. The summed E-state index contributed by atoms with van der Waals surface area (Å²) in [6, 6.07) is 13.0. The number of carbonyl (C=O) groups excluding carboxylic acids is 2. The van der Waals surface area contributed by atoms with E-state index in [4.69, 9.17) is 0 Å². The van der Waals surface area contributed by atoms with Gasteiger partial charge >= 0.3 is 0 Å². The zero-order valence-electron chi connectivity index (χ0n) is 14.3. The maximum Gasteiger partial charge on any atom is 0.251 e.